The molecule has 0 aliphatic carbocycles. The number of hydrogen-bond acceptors (Lipinski definition) is 4. The molecule has 3 nitrogen and oxygen atoms in total. The summed E-state index contributed by atoms with van der Waals surface area (Å²) in [7, 11) is 2.31. The Hall–Kier alpha value is 0.230. The first kappa shape index (κ1) is 15.6. The number of hydrogen-bond donors (Lipinski definition) is 1. The SMILES string of the molecule is CCCNCC1(CN(C)C2CCSC2)CCCOC1. The van der Waals surface area contributed by atoms with Gasteiger partial charge in [0.25, 0.3) is 0 Å². The van der Waals surface area contributed by atoms with Gasteiger partial charge in [0.15, 0.2) is 0 Å². The van der Waals surface area contributed by atoms with Crippen molar-refractivity contribution in [3.8, 4) is 0 Å². The van der Waals surface area contributed by atoms with Crippen molar-refractivity contribution in [3.63, 3.8) is 0 Å². The van der Waals surface area contributed by atoms with Crippen LogP contribution in [0.4, 0.5) is 0 Å². The van der Waals surface area contributed by atoms with Crippen LogP contribution >= 0.6 is 11.8 Å². The van der Waals surface area contributed by atoms with Gasteiger partial charge in [0.05, 0.1) is 6.61 Å². The van der Waals surface area contributed by atoms with Crippen molar-refractivity contribution in [2.24, 2.45) is 5.41 Å². The first-order valence-electron chi connectivity index (χ1n) is 7.82. The van der Waals surface area contributed by atoms with Crippen LogP contribution < -0.4 is 5.32 Å². The molecule has 0 saturated carbocycles. The van der Waals surface area contributed by atoms with E-state index in [4.69, 9.17) is 4.74 Å². The smallest absolute Gasteiger partial charge is 0.0546 e. The lowest BCUT2D eigenvalue weighted by Gasteiger charge is -2.41. The summed E-state index contributed by atoms with van der Waals surface area (Å²) in [4.78, 5) is 2.60. The molecule has 0 spiro atoms. The van der Waals surface area contributed by atoms with Crippen LogP contribution in [0.1, 0.15) is 32.6 Å². The maximum Gasteiger partial charge on any atom is 0.0546 e. The molecule has 2 rings (SSSR count). The molecule has 2 aliphatic heterocycles. The van der Waals surface area contributed by atoms with Gasteiger partial charge >= 0.3 is 0 Å². The molecule has 2 aliphatic rings. The fraction of sp³-hybridized carbons (Fsp3) is 1.00. The normalized spacial score (nSPS) is 32.1. The fourth-order valence-corrected chi connectivity index (χ4v) is 4.59. The molecule has 112 valence electrons. The maximum absolute atomic E-state index is 5.81. The number of thioether (sulfide) groups is 1. The number of nitrogens with zero attached hydrogens (tertiary/aromatic N) is 1. The molecule has 0 aromatic carbocycles. The molecule has 1 N–H and O–H groups in total. The summed E-state index contributed by atoms with van der Waals surface area (Å²) >= 11 is 2.10. The lowest BCUT2D eigenvalue weighted by Crippen LogP contribution is -2.50. The van der Waals surface area contributed by atoms with E-state index in [1.807, 2.05) is 0 Å². The topological polar surface area (TPSA) is 24.5 Å². The van der Waals surface area contributed by atoms with Crippen molar-refractivity contribution in [1.82, 2.24) is 10.2 Å². The third kappa shape index (κ3) is 4.62. The van der Waals surface area contributed by atoms with Gasteiger partial charge in [-0.2, -0.15) is 11.8 Å². The van der Waals surface area contributed by atoms with Crippen LogP contribution in [0.25, 0.3) is 0 Å². The van der Waals surface area contributed by atoms with E-state index in [1.54, 1.807) is 0 Å². The van der Waals surface area contributed by atoms with Gasteiger partial charge in [0.2, 0.25) is 0 Å². The van der Waals surface area contributed by atoms with E-state index < -0.39 is 0 Å². The maximum atomic E-state index is 5.81. The third-order valence-electron chi connectivity index (χ3n) is 4.44. The number of ether oxygens (including phenoxy) is 1. The van der Waals surface area contributed by atoms with Crippen LogP contribution in [0, 0.1) is 5.41 Å². The monoisotopic (exact) mass is 286 g/mol. The Bertz CT molecular complexity index is 251. The summed E-state index contributed by atoms with van der Waals surface area (Å²) < 4.78 is 5.81. The lowest BCUT2D eigenvalue weighted by molar-refractivity contribution is -0.0268. The van der Waals surface area contributed by atoms with Gasteiger partial charge in [0.1, 0.15) is 0 Å². The van der Waals surface area contributed by atoms with Crippen molar-refractivity contribution in [1.29, 1.82) is 0 Å². The van der Waals surface area contributed by atoms with Crippen LogP contribution in [-0.4, -0.2) is 62.3 Å². The predicted octanol–water partition coefficient (Wildman–Crippen LogP) is 2.22. The minimum Gasteiger partial charge on any atom is -0.381 e. The zero-order chi connectivity index (χ0) is 13.6. The van der Waals surface area contributed by atoms with Crippen molar-refractivity contribution < 1.29 is 4.74 Å². The van der Waals surface area contributed by atoms with E-state index in [2.05, 4.69) is 35.9 Å². The second-order valence-corrected chi connectivity index (χ2v) is 7.42. The molecule has 2 atom stereocenters. The third-order valence-corrected chi connectivity index (χ3v) is 5.59. The summed E-state index contributed by atoms with van der Waals surface area (Å²) in [5.41, 5.74) is 0.343. The first-order valence-corrected chi connectivity index (χ1v) is 8.98. The Morgan fingerprint density at radius 1 is 1.47 bits per heavy atom. The summed E-state index contributed by atoms with van der Waals surface area (Å²) in [6.45, 7) is 7.57. The largest absolute Gasteiger partial charge is 0.381 e. The Kier molecular flexibility index (Phi) is 6.46. The van der Waals surface area contributed by atoms with Gasteiger partial charge in [-0.05, 0) is 45.0 Å². The van der Waals surface area contributed by atoms with Gasteiger partial charge in [-0.3, -0.25) is 0 Å². The second kappa shape index (κ2) is 7.87. The van der Waals surface area contributed by atoms with Gasteiger partial charge in [-0.1, -0.05) is 6.92 Å². The van der Waals surface area contributed by atoms with Gasteiger partial charge in [0, 0.05) is 36.9 Å². The summed E-state index contributed by atoms with van der Waals surface area (Å²) in [5, 5.41) is 3.63. The van der Waals surface area contributed by atoms with Crippen molar-refractivity contribution in [2.75, 3.05) is 51.4 Å². The van der Waals surface area contributed by atoms with Crippen LogP contribution in [0.3, 0.4) is 0 Å². The quantitative estimate of drug-likeness (QED) is 0.725. The van der Waals surface area contributed by atoms with Crippen molar-refractivity contribution in [2.45, 2.75) is 38.6 Å². The zero-order valence-corrected chi connectivity index (χ0v) is 13.4. The minimum atomic E-state index is 0.343. The van der Waals surface area contributed by atoms with Crippen molar-refractivity contribution >= 4 is 11.8 Å². The molecule has 0 amide bonds. The molecule has 0 aromatic heterocycles. The first-order chi connectivity index (χ1) is 9.26. The lowest BCUT2D eigenvalue weighted by atomic mass is 9.81. The molecule has 2 saturated heterocycles. The van der Waals surface area contributed by atoms with Crippen LogP contribution in [-0.2, 0) is 4.74 Å². The highest BCUT2D eigenvalue weighted by molar-refractivity contribution is 7.99. The molecule has 19 heavy (non-hydrogen) atoms. The van der Waals surface area contributed by atoms with E-state index in [-0.39, 0.29) is 0 Å². The standard InChI is InChI=1S/C15H30N2OS/c1-3-7-16-11-15(6-4-8-18-13-15)12-17(2)14-5-9-19-10-14/h14,16H,3-13H2,1-2H3. The van der Waals surface area contributed by atoms with E-state index in [0.717, 1.165) is 32.3 Å². The summed E-state index contributed by atoms with van der Waals surface area (Å²) in [5.74, 6) is 2.66. The summed E-state index contributed by atoms with van der Waals surface area (Å²) in [6.07, 6.45) is 5.11. The fourth-order valence-electron chi connectivity index (χ4n) is 3.29. The molecule has 0 aromatic rings. The molecule has 2 fully saturated rings. The van der Waals surface area contributed by atoms with E-state index in [0.29, 0.717) is 5.41 Å². The zero-order valence-electron chi connectivity index (χ0n) is 12.6. The minimum absolute atomic E-state index is 0.343. The van der Waals surface area contributed by atoms with Crippen LogP contribution in [0.5, 0.6) is 0 Å². The second-order valence-electron chi connectivity index (χ2n) is 6.27. The van der Waals surface area contributed by atoms with E-state index in [1.165, 1.54) is 43.7 Å². The summed E-state index contributed by atoms with van der Waals surface area (Å²) in [6, 6.07) is 0.787. The van der Waals surface area contributed by atoms with Crippen LogP contribution in [0.2, 0.25) is 0 Å². The number of rotatable bonds is 7. The predicted molar refractivity (Wildman–Crippen MR) is 84.0 cm³/mol. The Morgan fingerprint density at radius 2 is 2.37 bits per heavy atom. The van der Waals surface area contributed by atoms with E-state index >= 15 is 0 Å². The average Bonchev–Trinajstić information content (AvgIpc) is 2.94. The van der Waals surface area contributed by atoms with Crippen molar-refractivity contribution in [3.05, 3.63) is 0 Å². The highest BCUT2D eigenvalue weighted by atomic mass is 32.2. The van der Waals surface area contributed by atoms with Gasteiger partial charge in [-0.25, -0.2) is 0 Å². The highest BCUT2D eigenvalue weighted by Gasteiger charge is 2.35. The molecular weight excluding hydrogens is 256 g/mol. The molecular formula is C15H30N2OS. The van der Waals surface area contributed by atoms with E-state index in [9.17, 15) is 0 Å². The molecule has 0 radical (unpaired) electrons. The molecule has 2 heterocycles. The Balaban J connectivity index is 1.88. The highest BCUT2D eigenvalue weighted by Crippen LogP contribution is 2.31. The number of nitrogens with one attached hydrogen (secondary N) is 1. The van der Waals surface area contributed by atoms with Crippen LogP contribution in [0.15, 0.2) is 0 Å². The average molecular weight is 286 g/mol. The Morgan fingerprint density at radius 3 is 3.00 bits per heavy atom. The Labute approximate surface area is 122 Å². The van der Waals surface area contributed by atoms with Gasteiger partial charge < -0.3 is 15.0 Å². The molecule has 0 bridgehead atoms. The molecule has 4 heteroatoms. The molecule has 2 unspecified atom stereocenters. The van der Waals surface area contributed by atoms with Gasteiger partial charge in [-0.15, -0.1) is 0 Å².